The van der Waals surface area contributed by atoms with Crippen LogP contribution >= 0.6 is 11.3 Å². The molecule has 0 fully saturated rings. The fourth-order valence-electron chi connectivity index (χ4n) is 2.78. The van der Waals surface area contributed by atoms with E-state index in [1.165, 1.54) is 11.3 Å². The second-order valence-electron chi connectivity index (χ2n) is 5.87. The molecule has 0 unspecified atom stereocenters. The molecule has 0 aliphatic carbocycles. The molecule has 0 aliphatic rings. The largest absolute Gasteiger partial charge is 0.397 e. The Bertz CT molecular complexity index is 918. The topological polar surface area (TPSA) is 83.3 Å². The lowest BCUT2D eigenvalue weighted by molar-refractivity contribution is 0.0959. The fourth-order valence-corrected chi connectivity index (χ4v) is 3.76. The number of nitrogens with zero attached hydrogens (tertiary/aromatic N) is 1. The van der Waals surface area contributed by atoms with E-state index in [0.717, 1.165) is 33.0 Å². The number of rotatable bonds is 4. The van der Waals surface area contributed by atoms with Crippen LogP contribution in [-0.4, -0.2) is 16.6 Å². The van der Waals surface area contributed by atoms with E-state index < -0.39 is 0 Å². The van der Waals surface area contributed by atoms with E-state index in [-0.39, 0.29) is 5.91 Å². The first-order valence-electron chi connectivity index (χ1n) is 7.91. The van der Waals surface area contributed by atoms with Crippen LogP contribution < -0.4 is 11.2 Å². The number of aryl methyl sites for hydroxylation is 2. The first kappa shape index (κ1) is 17.0. The Morgan fingerprint density at radius 2 is 1.96 bits per heavy atom. The zero-order valence-corrected chi connectivity index (χ0v) is 15.2. The zero-order chi connectivity index (χ0) is 18.0. The number of nitrogens with two attached hydrogens (primary N) is 1. The van der Waals surface area contributed by atoms with Gasteiger partial charge in [0, 0.05) is 22.3 Å². The minimum atomic E-state index is -0.296. The lowest BCUT2D eigenvalue weighted by atomic mass is 10.1. The molecular weight excluding hydrogens is 332 g/mol. The second-order valence-corrected chi connectivity index (χ2v) is 6.92. The Morgan fingerprint density at radius 1 is 1.24 bits per heavy atom. The van der Waals surface area contributed by atoms with Crippen molar-refractivity contribution in [2.24, 2.45) is 5.10 Å². The molecule has 0 spiro atoms. The Kier molecular flexibility index (Phi) is 4.72. The number of aromatic nitrogens is 1. The molecule has 25 heavy (non-hydrogen) atoms. The Morgan fingerprint density at radius 3 is 2.60 bits per heavy atom. The SMILES string of the molecule is C/C(=N\NC(=O)c1sc(-c2ccccc2)cc1N)c1c(C)c[nH]c1C. The molecule has 0 aliphatic heterocycles. The van der Waals surface area contributed by atoms with E-state index in [0.29, 0.717) is 10.6 Å². The summed E-state index contributed by atoms with van der Waals surface area (Å²) in [6, 6.07) is 11.7. The monoisotopic (exact) mass is 352 g/mol. The van der Waals surface area contributed by atoms with Crippen molar-refractivity contribution in [1.82, 2.24) is 10.4 Å². The van der Waals surface area contributed by atoms with Crippen molar-refractivity contribution in [2.75, 3.05) is 5.73 Å². The van der Waals surface area contributed by atoms with Gasteiger partial charge in [0.25, 0.3) is 5.91 Å². The number of H-pyrrole nitrogens is 1. The third-order valence-corrected chi connectivity index (χ3v) is 5.19. The highest BCUT2D eigenvalue weighted by Crippen LogP contribution is 2.33. The van der Waals surface area contributed by atoms with Crippen molar-refractivity contribution in [3.8, 4) is 10.4 Å². The third-order valence-electron chi connectivity index (χ3n) is 3.99. The van der Waals surface area contributed by atoms with Gasteiger partial charge in [-0.05, 0) is 38.0 Å². The summed E-state index contributed by atoms with van der Waals surface area (Å²) in [4.78, 5) is 17.0. The first-order chi connectivity index (χ1) is 12.0. The van der Waals surface area contributed by atoms with Gasteiger partial charge in [-0.1, -0.05) is 30.3 Å². The second kappa shape index (κ2) is 6.94. The quantitative estimate of drug-likeness (QED) is 0.488. The van der Waals surface area contributed by atoms with Crippen molar-refractivity contribution >= 4 is 28.6 Å². The highest BCUT2D eigenvalue weighted by atomic mass is 32.1. The number of hydrazone groups is 1. The van der Waals surface area contributed by atoms with Crippen molar-refractivity contribution in [3.63, 3.8) is 0 Å². The molecule has 5 nitrogen and oxygen atoms in total. The molecule has 3 aromatic rings. The molecule has 1 amide bonds. The van der Waals surface area contributed by atoms with E-state index in [1.807, 2.05) is 63.4 Å². The molecular formula is C19H20N4OS. The van der Waals surface area contributed by atoms with E-state index in [2.05, 4.69) is 15.5 Å². The van der Waals surface area contributed by atoms with Crippen LogP contribution in [0.3, 0.4) is 0 Å². The number of hydrogen-bond donors (Lipinski definition) is 3. The summed E-state index contributed by atoms with van der Waals surface area (Å²) in [7, 11) is 0. The van der Waals surface area contributed by atoms with Crippen LogP contribution in [0.15, 0.2) is 47.7 Å². The molecule has 0 atom stereocenters. The van der Waals surface area contributed by atoms with Crippen LogP contribution in [0.25, 0.3) is 10.4 Å². The Labute approximate surface area is 150 Å². The standard InChI is InChI=1S/C19H20N4OS/c1-11-10-21-12(2)17(11)13(3)22-23-19(24)18-15(20)9-16(25-18)14-7-5-4-6-8-14/h4-10,21H,20H2,1-3H3,(H,23,24)/b22-13+. The number of amides is 1. The summed E-state index contributed by atoms with van der Waals surface area (Å²) in [5, 5.41) is 4.24. The lowest BCUT2D eigenvalue weighted by Crippen LogP contribution is -2.19. The Hall–Kier alpha value is -2.86. The van der Waals surface area contributed by atoms with Crippen LogP contribution in [0, 0.1) is 13.8 Å². The van der Waals surface area contributed by atoms with Gasteiger partial charge in [0.05, 0.1) is 11.4 Å². The number of carbonyl (C=O) groups excluding carboxylic acids is 1. The number of carbonyl (C=O) groups is 1. The molecule has 0 saturated carbocycles. The van der Waals surface area contributed by atoms with Crippen molar-refractivity contribution in [2.45, 2.75) is 20.8 Å². The molecule has 4 N–H and O–H groups in total. The number of thiophene rings is 1. The summed E-state index contributed by atoms with van der Waals surface area (Å²) < 4.78 is 0. The summed E-state index contributed by atoms with van der Waals surface area (Å²) in [5.74, 6) is -0.296. The normalized spacial score (nSPS) is 11.6. The van der Waals surface area contributed by atoms with Gasteiger partial charge in [-0.3, -0.25) is 4.79 Å². The maximum atomic E-state index is 12.5. The average Bonchev–Trinajstić information content (AvgIpc) is 3.16. The van der Waals surface area contributed by atoms with Crippen LogP contribution in [0.2, 0.25) is 0 Å². The molecule has 0 radical (unpaired) electrons. The molecule has 1 aromatic carbocycles. The van der Waals surface area contributed by atoms with Gasteiger partial charge in [0.1, 0.15) is 4.88 Å². The van der Waals surface area contributed by atoms with Crippen LogP contribution in [0.1, 0.15) is 33.4 Å². The zero-order valence-electron chi connectivity index (χ0n) is 14.4. The number of nitrogens with one attached hydrogen (secondary N) is 2. The Balaban J connectivity index is 1.80. The highest BCUT2D eigenvalue weighted by molar-refractivity contribution is 7.18. The van der Waals surface area contributed by atoms with Gasteiger partial charge in [-0.2, -0.15) is 5.10 Å². The van der Waals surface area contributed by atoms with E-state index in [4.69, 9.17) is 5.73 Å². The summed E-state index contributed by atoms with van der Waals surface area (Å²) in [5.41, 5.74) is 14.0. The summed E-state index contributed by atoms with van der Waals surface area (Å²) in [6.07, 6.45) is 1.93. The number of anilines is 1. The number of hydrogen-bond acceptors (Lipinski definition) is 4. The minimum Gasteiger partial charge on any atom is -0.397 e. The minimum absolute atomic E-state index is 0.296. The van der Waals surface area contributed by atoms with Crippen molar-refractivity contribution < 1.29 is 4.79 Å². The highest BCUT2D eigenvalue weighted by Gasteiger charge is 2.15. The number of benzene rings is 1. The van der Waals surface area contributed by atoms with Gasteiger partial charge in [-0.15, -0.1) is 11.3 Å². The molecule has 2 aromatic heterocycles. The molecule has 0 saturated heterocycles. The van der Waals surface area contributed by atoms with Gasteiger partial charge in [-0.25, -0.2) is 5.43 Å². The predicted octanol–water partition coefficient (Wildman–Crippen LogP) is 4.10. The molecule has 3 rings (SSSR count). The van der Waals surface area contributed by atoms with Gasteiger partial charge < -0.3 is 10.7 Å². The summed E-state index contributed by atoms with van der Waals surface area (Å²) >= 11 is 1.36. The van der Waals surface area contributed by atoms with E-state index in [9.17, 15) is 4.79 Å². The first-order valence-corrected chi connectivity index (χ1v) is 8.73. The van der Waals surface area contributed by atoms with E-state index >= 15 is 0 Å². The van der Waals surface area contributed by atoms with Gasteiger partial charge in [0.15, 0.2) is 0 Å². The fraction of sp³-hybridized carbons (Fsp3) is 0.158. The summed E-state index contributed by atoms with van der Waals surface area (Å²) in [6.45, 7) is 5.85. The maximum absolute atomic E-state index is 12.5. The molecule has 0 bridgehead atoms. The third kappa shape index (κ3) is 3.49. The van der Waals surface area contributed by atoms with E-state index in [1.54, 1.807) is 0 Å². The van der Waals surface area contributed by atoms with Crippen LogP contribution in [0.5, 0.6) is 0 Å². The van der Waals surface area contributed by atoms with Crippen LogP contribution in [-0.2, 0) is 0 Å². The number of aromatic amines is 1. The molecule has 6 heteroatoms. The average molecular weight is 352 g/mol. The smallest absolute Gasteiger partial charge is 0.283 e. The van der Waals surface area contributed by atoms with Gasteiger partial charge in [0.2, 0.25) is 0 Å². The van der Waals surface area contributed by atoms with Crippen LogP contribution in [0.4, 0.5) is 5.69 Å². The molecule has 128 valence electrons. The maximum Gasteiger partial charge on any atom is 0.283 e. The van der Waals surface area contributed by atoms with Gasteiger partial charge >= 0.3 is 0 Å². The van der Waals surface area contributed by atoms with Crippen molar-refractivity contribution in [1.29, 1.82) is 0 Å². The lowest BCUT2D eigenvalue weighted by Gasteiger charge is -2.03. The molecule has 2 heterocycles. The predicted molar refractivity (Wildman–Crippen MR) is 104 cm³/mol. The number of nitrogen functional groups attached to an aromatic ring is 1. The van der Waals surface area contributed by atoms with Crippen molar-refractivity contribution in [3.05, 3.63) is 64.3 Å².